The second-order valence-corrected chi connectivity index (χ2v) is 6.48. The Morgan fingerprint density at radius 3 is 2.47 bits per heavy atom. The van der Waals surface area contributed by atoms with Crippen LogP contribution in [0.4, 0.5) is 0 Å². The Balaban J connectivity index is 1.97. The van der Waals surface area contributed by atoms with Crippen molar-refractivity contribution in [3.8, 4) is 0 Å². The molecule has 108 valence electrons. The van der Waals surface area contributed by atoms with Crippen molar-refractivity contribution >= 4 is 5.97 Å². The van der Waals surface area contributed by atoms with E-state index in [0.717, 1.165) is 13.0 Å². The quantitative estimate of drug-likeness (QED) is 0.547. The maximum atomic E-state index is 11.6. The predicted octanol–water partition coefficient (Wildman–Crippen LogP) is 3.19. The van der Waals surface area contributed by atoms with E-state index in [0.29, 0.717) is 30.1 Å². The van der Waals surface area contributed by atoms with Gasteiger partial charge in [0.25, 0.3) is 0 Å². The Labute approximate surface area is 116 Å². The Morgan fingerprint density at radius 2 is 1.89 bits per heavy atom. The van der Waals surface area contributed by atoms with Gasteiger partial charge < -0.3 is 9.47 Å². The van der Waals surface area contributed by atoms with Crippen LogP contribution < -0.4 is 0 Å². The van der Waals surface area contributed by atoms with Gasteiger partial charge in [0, 0.05) is 6.42 Å². The summed E-state index contributed by atoms with van der Waals surface area (Å²) in [6.07, 6.45) is 7.31. The number of allylic oxidation sites excluding steroid dienone is 2. The first-order valence-electron chi connectivity index (χ1n) is 7.36. The molecule has 4 atom stereocenters. The molecule has 19 heavy (non-hydrogen) atoms. The minimum Gasteiger partial charge on any atom is -0.469 e. The fourth-order valence-electron chi connectivity index (χ4n) is 3.28. The van der Waals surface area contributed by atoms with Gasteiger partial charge in [-0.1, -0.05) is 19.1 Å². The van der Waals surface area contributed by atoms with Crippen LogP contribution in [0.15, 0.2) is 12.2 Å². The second kappa shape index (κ2) is 5.66. The average molecular weight is 266 g/mol. The zero-order valence-corrected chi connectivity index (χ0v) is 12.5. The van der Waals surface area contributed by atoms with Crippen LogP contribution in [0, 0.1) is 23.7 Å². The molecule has 0 aliphatic heterocycles. The normalized spacial score (nSPS) is 32.8. The van der Waals surface area contributed by atoms with Crippen LogP contribution in [0.5, 0.6) is 0 Å². The molecule has 1 fully saturated rings. The molecule has 0 aromatic rings. The molecular weight excluding hydrogens is 240 g/mol. The van der Waals surface area contributed by atoms with Gasteiger partial charge in [0.2, 0.25) is 0 Å². The lowest BCUT2D eigenvalue weighted by molar-refractivity contribution is -0.142. The van der Waals surface area contributed by atoms with Gasteiger partial charge in [0.05, 0.1) is 19.3 Å². The molecule has 1 saturated carbocycles. The molecule has 0 spiro atoms. The molecule has 0 heterocycles. The van der Waals surface area contributed by atoms with E-state index in [1.807, 2.05) is 0 Å². The molecule has 0 amide bonds. The number of fused-ring (bicyclic) bond motifs is 2. The largest absolute Gasteiger partial charge is 0.469 e. The van der Waals surface area contributed by atoms with Gasteiger partial charge in [-0.05, 0) is 50.4 Å². The lowest BCUT2D eigenvalue weighted by atomic mass is 9.81. The highest BCUT2D eigenvalue weighted by atomic mass is 16.5. The van der Waals surface area contributed by atoms with Crippen LogP contribution in [0.25, 0.3) is 0 Å². The predicted molar refractivity (Wildman–Crippen MR) is 74.7 cm³/mol. The number of carbonyl (C=O) groups excluding carboxylic acids is 1. The van der Waals surface area contributed by atoms with Crippen molar-refractivity contribution in [1.29, 1.82) is 0 Å². The van der Waals surface area contributed by atoms with Gasteiger partial charge in [0.1, 0.15) is 0 Å². The molecule has 0 saturated heterocycles. The van der Waals surface area contributed by atoms with Crippen LogP contribution in [-0.4, -0.2) is 25.3 Å². The fraction of sp³-hybridized carbons (Fsp3) is 0.812. The third kappa shape index (κ3) is 3.19. The summed E-state index contributed by atoms with van der Waals surface area (Å²) in [7, 11) is 1.47. The summed E-state index contributed by atoms with van der Waals surface area (Å²) >= 11 is 0. The third-order valence-electron chi connectivity index (χ3n) is 4.95. The molecular formula is C16H26O3. The van der Waals surface area contributed by atoms with Crippen LogP contribution in [-0.2, 0) is 14.3 Å². The Bertz CT molecular complexity index is 359. The Morgan fingerprint density at radius 1 is 1.26 bits per heavy atom. The zero-order chi connectivity index (χ0) is 14.0. The van der Waals surface area contributed by atoms with E-state index in [-0.39, 0.29) is 11.6 Å². The summed E-state index contributed by atoms with van der Waals surface area (Å²) in [6.45, 7) is 7.16. The van der Waals surface area contributed by atoms with Crippen molar-refractivity contribution in [2.45, 2.75) is 45.6 Å². The Kier molecular flexibility index (Phi) is 4.34. The van der Waals surface area contributed by atoms with E-state index in [1.54, 1.807) is 0 Å². The van der Waals surface area contributed by atoms with E-state index in [4.69, 9.17) is 9.47 Å². The molecule has 4 unspecified atom stereocenters. The van der Waals surface area contributed by atoms with Crippen molar-refractivity contribution < 1.29 is 14.3 Å². The van der Waals surface area contributed by atoms with Gasteiger partial charge in [-0.15, -0.1) is 0 Å². The van der Waals surface area contributed by atoms with Crippen molar-refractivity contribution in [1.82, 2.24) is 0 Å². The van der Waals surface area contributed by atoms with Crippen molar-refractivity contribution in [3.05, 3.63) is 12.2 Å². The van der Waals surface area contributed by atoms with Gasteiger partial charge in [0.15, 0.2) is 0 Å². The van der Waals surface area contributed by atoms with Crippen molar-refractivity contribution in [2.75, 3.05) is 13.7 Å². The lowest BCUT2D eigenvalue weighted by Crippen LogP contribution is -2.32. The maximum absolute atomic E-state index is 11.6. The van der Waals surface area contributed by atoms with E-state index >= 15 is 0 Å². The van der Waals surface area contributed by atoms with E-state index in [9.17, 15) is 4.79 Å². The summed E-state index contributed by atoms with van der Waals surface area (Å²) in [6, 6.07) is 0. The number of hydrogen-bond donors (Lipinski definition) is 0. The summed E-state index contributed by atoms with van der Waals surface area (Å²) in [5, 5.41) is 0. The van der Waals surface area contributed by atoms with Crippen LogP contribution in [0.1, 0.15) is 40.0 Å². The molecule has 0 aromatic heterocycles. The fourth-order valence-corrected chi connectivity index (χ4v) is 3.28. The van der Waals surface area contributed by atoms with Gasteiger partial charge >= 0.3 is 5.97 Å². The van der Waals surface area contributed by atoms with Crippen LogP contribution >= 0.6 is 0 Å². The minimum absolute atomic E-state index is 0.0681. The SMILES string of the molecule is CCC(C)(C)OCC1C2C=CC(C2)C1CC(=O)OC. The topological polar surface area (TPSA) is 35.5 Å². The number of esters is 1. The van der Waals surface area contributed by atoms with Gasteiger partial charge in [-0.25, -0.2) is 0 Å². The third-order valence-corrected chi connectivity index (χ3v) is 4.95. The molecule has 2 aliphatic carbocycles. The molecule has 3 nitrogen and oxygen atoms in total. The minimum atomic E-state index is -0.0919. The van der Waals surface area contributed by atoms with Gasteiger partial charge in [-0.2, -0.15) is 0 Å². The van der Waals surface area contributed by atoms with Crippen molar-refractivity contribution in [2.24, 2.45) is 23.7 Å². The second-order valence-electron chi connectivity index (χ2n) is 6.48. The first-order chi connectivity index (χ1) is 8.96. The van der Waals surface area contributed by atoms with E-state index in [2.05, 4.69) is 32.9 Å². The molecule has 0 aromatic carbocycles. The van der Waals surface area contributed by atoms with E-state index < -0.39 is 0 Å². The molecule has 0 N–H and O–H groups in total. The molecule has 2 aliphatic rings. The number of ether oxygens (including phenoxy) is 2. The van der Waals surface area contributed by atoms with Crippen LogP contribution in [0.2, 0.25) is 0 Å². The lowest BCUT2D eigenvalue weighted by Gasteiger charge is -2.31. The summed E-state index contributed by atoms with van der Waals surface area (Å²) in [5.74, 6) is 1.91. The first-order valence-corrected chi connectivity index (χ1v) is 7.36. The van der Waals surface area contributed by atoms with E-state index in [1.165, 1.54) is 13.5 Å². The van der Waals surface area contributed by atoms with Gasteiger partial charge in [-0.3, -0.25) is 4.79 Å². The first kappa shape index (κ1) is 14.6. The van der Waals surface area contributed by atoms with Crippen LogP contribution in [0.3, 0.4) is 0 Å². The highest BCUT2D eigenvalue weighted by Gasteiger charge is 2.45. The maximum Gasteiger partial charge on any atom is 0.305 e. The zero-order valence-electron chi connectivity index (χ0n) is 12.5. The number of hydrogen-bond acceptors (Lipinski definition) is 3. The number of rotatable bonds is 6. The monoisotopic (exact) mass is 266 g/mol. The summed E-state index contributed by atoms with van der Waals surface area (Å²) in [4.78, 5) is 11.6. The highest BCUT2D eigenvalue weighted by Crippen LogP contribution is 2.49. The average Bonchev–Trinajstić information content (AvgIpc) is 2.97. The highest BCUT2D eigenvalue weighted by molar-refractivity contribution is 5.69. The molecule has 2 rings (SSSR count). The standard InChI is InChI=1S/C16H26O3/c1-5-16(2,3)19-10-14-12-7-6-11(8-12)13(14)9-15(17)18-4/h6-7,11-14H,5,8-10H2,1-4H3. The molecule has 0 radical (unpaired) electrons. The summed E-state index contributed by atoms with van der Waals surface area (Å²) < 4.78 is 10.9. The summed E-state index contributed by atoms with van der Waals surface area (Å²) in [5.41, 5.74) is -0.0681. The molecule has 3 heteroatoms. The molecule has 2 bridgehead atoms. The van der Waals surface area contributed by atoms with Crippen molar-refractivity contribution in [3.63, 3.8) is 0 Å². The Hall–Kier alpha value is -0.830. The smallest absolute Gasteiger partial charge is 0.305 e. The number of carbonyl (C=O) groups is 1. The number of methoxy groups -OCH3 is 1.